The van der Waals surface area contributed by atoms with Gasteiger partial charge >= 0.3 is 0 Å². The van der Waals surface area contributed by atoms with Crippen LogP contribution in [0.5, 0.6) is 5.75 Å². The lowest BCUT2D eigenvalue weighted by atomic mass is 9.88. The molecule has 3 nitrogen and oxygen atoms in total. The van der Waals surface area contributed by atoms with Crippen LogP contribution in [0.4, 0.5) is 0 Å². The molecule has 0 bridgehead atoms. The molecule has 0 aliphatic heterocycles. The Labute approximate surface area is 91.2 Å². The fourth-order valence-electron chi connectivity index (χ4n) is 1.68. The van der Waals surface area contributed by atoms with Crippen molar-refractivity contribution in [3.8, 4) is 5.75 Å². The fourth-order valence-corrected chi connectivity index (χ4v) is 1.68. The van der Waals surface area contributed by atoms with Crippen molar-refractivity contribution in [2.24, 2.45) is 5.73 Å². The summed E-state index contributed by atoms with van der Waals surface area (Å²) < 4.78 is 10.5. The number of hydrogen-bond acceptors (Lipinski definition) is 3. The van der Waals surface area contributed by atoms with Crippen LogP contribution >= 0.6 is 0 Å². The van der Waals surface area contributed by atoms with Gasteiger partial charge in [0, 0.05) is 12.7 Å². The maximum atomic E-state index is 6.30. The summed E-state index contributed by atoms with van der Waals surface area (Å²) in [6.07, 6.45) is 0.807. The van der Waals surface area contributed by atoms with Gasteiger partial charge < -0.3 is 15.2 Å². The second-order valence-corrected chi connectivity index (χ2v) is 3.64. The fraction of sp³-hybridized carbons (Fsp3) is 0.500. The largest absolute Gasteiger partial charge is 0.496 e. The van der Waals surface area contributed by atoms with Crippen LogP contribution in [0.1, 0.15) is 18.9 Å². The second kappa shape index (κ2) is 5.14. The highest BCUT2D eigenvalue weighted by atomic mass is 16.5. The number of rotatable bonds is 5. The molecule has 1 unspecified atom stereocenters. The number of methoxy groups -OCH3 is 2. The molecular weight excluding hydrogens is 190 g/mol. The minimum absolute atomic E-state index is 0.471. The van der Waals surface area contributed by atoms with Gasteiger partial charge in [-0.15, -0.1) is 0 Å². The van der Waals surface area contributed by atoms with Gasteiger partial charge in [0.05, 0.1) is 19.3 Å². The summed E-state index contributed by atoms with van der Waals surface area (Å²) in [5, 5.41) is 0. The topological polar surface area (TPSA) is 44.5 Å². The molecular formula is C12H19NO2. The van der Waals surface area contributed by atoms with Crippen LogP contribution in [-0.4, -0.2) is 20.8 Å². The van der Waals surface area contributed by atoms with E-state index < -0.39 is 5.54 Å². The molecule has 1 atom stereocenters. The molecule has 0 aromatic heterocycles. The zero-order valence-electron chi connectivity index (χ0n) is 9.62. The van der Waals surface area contributed by atoms with E-state index in [0.29, 0.717) is 6.61 Å². The Hall–Kier alpha value is -1.06. The summed E-state index contributed by atoms with van der Waals surface area (Å²) in [6, 6.07) is 7.81. The summed E-state index contributed by atoms with van der Waals surface area (Å²) in [6.45, 7) is 2.54. The first-order chi connectivity index (χ1) is 7.18. The van der Waals surface area contributed by atoms with E-state index in [1.54, 1.807) is 14.2 Å². The van der Waals surface area contributed by atoms with Crippen molar-refractivity contribution in [1.29, 1.82) is 0 Å². The number of nitrogens with two attached hydrogens (primary N) is 1. The maximum Gasteiger partial charge on any atom is 0.124 e. The van der Waals surface area contributed by atoms with Crippen molar-refractivity contribution >= 4 is 0 Å². The molecule has 0 aliphatic rings. The van der Waals surface area contributed by atoms with Crippen molar-refractivity contribution in [1.82, 2.24) is 0 Å². The molecule has 3 heteroatoms. The summed E-state index contributed by atoms with van der Waals surface area (Å²) in [7, 11) is 3.31. The third kappa shape index (κ3) is 2.49. The molecule has 0 saturated carbocycles. The first-order valence-corrected chi connectivity index (χ1v) is 5.09. The lowest BCUT2D eigenvalue weighted by Gasteiger charge is -2.29. The predicted molar refractivity (Wildman–Crippen MR) is 61.0 cm³/mol. The molecule has 1 aromatic rings. The van der Waals surface area contributed by atoms with Crippen LogP contribution in [0, 0.1) is 0 Å². The van der Waals surface area contributed by atoms with Crippen molar-refractivity contribution < 1.29 is 9.47 Å². The molecule has 1 rings (SSSR count). The van der Waals surface area contributed by atoms with Crippen LogP contribution in [-0.2, 0) is 10.3 Å². The van der Waals surface area contributed by atoms with Gasteiger partial charge in [-0.05, 0) is 12.5 Å². The highest BCUT2D eigenvalue weighted by molar-refractivity contribution is 5.39. The van der Waals surface area contributed by atoms with E-state index in [1.807, 2.05) is 31.2 Å². The van der Waals surface area contributed by atoms with Gasteiger partial charge in [0.2, 0.25) is 0 Å². The number of hydrogen-bond donors (Lipinski definition) is 1. The number of para-hydroxylation sites is 1. The van der Waals surface area contributed by atoms with Gasteiger partial charge in [-0.25, -0.2) is 0 Å². The minimum atomic E-state index is -0.471. The van der Waals surface area contributed by atoms with Gasteiger partial charge in [0.15, 0.2) is 0 Å². The zero-order chi connectivity index (χ0) is 11.3. The SMILES string of the molecule is CCC(N)(COC)c1ccccc1OC. The van der Waals surface area contributed by atoms with Gasteiger partial charge in [0.1, 0.15) is 5.75 Å². The van der Waals surface area contributed by atoms with Crippen LogP contribution in [0.3, 0.4) is 0 Å². The van der Waals surface area contributed by atoms with Gasteiger partial charge in [-0.3, -0.25) is 0 Å². The third-order valence-corrected chi connectivity index (χ3v) is 2.68. The van der Waals surface area contributed by atoms with E-state index in [-0.39, 0.29) is 0 Å². The molecule has 84 valence electrons. The molecule has 0 saturated heterocycles. The quantitative estimate of drug-likeness (QED) is 0.805. The van der Waals surface area contributed by atoms with E-state index >= 15 is 0 Å². The highest BCUT2D eigenvalue weighted by Gasteiger charge is 2.28. The van der Waals surface area contributed by atoms with Crippen molar-refractivity contribution in [3.05, 3.63) is 29.8 Å². The maximum absolute atomic E-state index is 6.30. The molecule has 0 fully saturated rings. The normalized spacial score (nSPS) is 14.7. The van der Waals surface area contributed by atoms with Gasteiger partial charge in [-0.1, -0.05) is 25.1 Å². The Kier molecular flexibility index (Phi) is 4.12. The van der Waals surface area contributed by atoms with E-state index in [0.717, 1.165) is 17.7 Å². The number of ether oxygens (including phenoxy) is 2. The first kappa shape index (κ1) is 12.0. The Bertz CT molecular complexity index is 314. The molecule has 1 aromatic carbocycles. The van der Waals surface area contributed by atoms with E-state index in [9.17, 15) is 0 Å². The van der Waals surface area contributed by atoms with Crippen molar-refractivity contribution in [2.75, 3.05) is 20.8 Å². The van der Waals surface area contributed by atoms with Crippen LogP contribution < -0.4 is 10.5 Å². The molecule has 0 spiro atoms. The molecule has 2 N–H and O–H groups in total. The average molecular weight is 209 g/mol. The standard InChI is InChI=1S/C12H19NO2/c1-4-12(13,9-14-2)10-7-5-6-8-11(10)15-3/h5-8H,4,9,13H2,1-3H3. The highest BCUT2D eigenvalue weighted by Crippen LogP contribution is 2.30. The summed E-state index contributed by atoms with van der Waals surface area (Å²) in [5.41, 5.74) is 6.83. The number of benzene rings is 1. The van der Waals surface area contributed by atoms with Crippen LogP contribution in [0.2, 0.25) is 0 Å². The van der Waals surface area contributed by atoms with Gasteiger partial charge in [0.25, 0.3) is 0 Å². The molecule has 15 heavy (non-hydrogen) atoms. The molecule has 0 aliphatic carbocycles. The minimum Gasteiger partial charge on any atom is -0.496 e. The zero-order valence-corrected chi connectivity index (χ0v) is 9.62. The van der Waals surface area contributed by atoms with Crippen LogP contribution in [0.15, 0.2) is 24.3 Å². The lowest BCUT2D eigenvalue weighted by molar-refractivity contribution is 0.127. The van der Waals surface area contributed by atoms with Crippen molar-refractivity contribution in [3.63, 3.8) is 0 Å². The summed E-state index contributed by atoms with van der Waals surface area (Å²) >= 11 is 0. The van der Waals surface area contributed by atoms with Gasteiger partial charge in [-0.2, -0.15) is 0 Å². The van der Waals surface area contributed by atoms with Crippen LogP contribution in [0.25, 0.3) is 0 Å². The Morgan fingerprint density at radius 1 is 1.27 bits per heavy atom. The molecule has 0 radical (unpaired) electrons. The van der Waals surface area contributed by atoms with Crippen molar-refractivity contribution in [2.45, 2.75) is 18.9 Å². The Balaban J connectivity index is 3.10. The van der Waals surface area contributed by atoms with E-state index in [1.165, 1.54) is 0 Å². The Morgan fingerprint density at radius 3 is 2.47 bits per heavy atom. The summed E-state index contributed by atoms with van der Waals surface area (Å²) in [5.74, 6) is 0.818. The summed E-state index contributed by atoms with van der Waals surface area (Å²) in [4.78, 5) is 0. The smallest absolute Gasteiger partial charge is 0.124 e. The molecule has 0 amide bonds. The Morgan fingerprint density at radius 2 is 1.93 bits per heavy atom. The van der Waals surface area contributed by atoms with E-state index in [4.69, 9.17) is 15.2 Å². The average Bonchev–Trinajstić information content (AvgIpc) is 2.29. The predicted octanol–water partition coefficient (Wildman–Crippen LogP) is 1.91. The van der Waals surface area contributed by atoms with E-state index in [2.05, 4.69) is 0 Å². The third-order valence-electron chi connectivity index (χ3n) is 2.68. The monoisotopic (exact) mass is 209 g/mol. The lowest BCUT2D eigenvalue weighted by Crippen LogP contribution is -2.40. The second-order valence-electron chi connectivity index (χ2n) is 3.64. The first-order valence-electron chi connectivity index (χ1n) is 5.09. The molecule has 0 heterocycles.